The Bertz CT molecular complexity index is 711. The molecule has 140 valence electrons. The zero-order chi connectivity index (χ0) is 17.3. The van der Waals surface area contributed by atoms with Gasteiger partial charge in [0.05, 0.1) is 12.2 Å². The van der Waals surface area contributed by atoms with Gasteiger partial charge in [0.1, 0.15) is 10.7 Å². The molecule has 2 aromatic rings. The SMILES string of the molecule is Cc1nc(C)c2c(C)c(CNCCN3CC(C)OC(C)C3)sc2n1.Cl. The van der Waals surface area contributed by atoms with Gasteiger partial charge in [-0.15, -0.1) is 23.7 Å². The number of hydrogen-bond donors (Lipinski definition) is 1. The monoisotopic (exact) mass is 384 g/mol. The van der Waals surface area contributed by atoms with Crippen molar-refractivity contribution >= 4 is 34.0 Å². The highest BCUT2D eigenvalue weighted by Gasteiger charge is 2.21. The van der Waals surface area contributed by atoms with Crippen LogP contribution in [0.25, 0.3) is 10.2 Å². The predicted molar refractivity (Wildman–Crippen MR) is 107 cm³/mol. The Kier molecular flexibility index (Phi) is 7.17. The second-order valence-corrected chi connectivity index (χ2v) is 7.96. The van der Waals surface area contributed by atoms with Crippen molar-refractivity contribution in [3.63, 3.8) is 0 Å². The lowest BCUT2D eigenvalue weighted by Crippen LogP contribution is -2.47. The van der Waals surface area contributed by atoms with Crippen LogP contribution in [0.5, 0.6) is 0 Å². The molecule has 1 fully saturated rings. The van der Waals surface area contributed by atoms with Gasteiger partial charge in [0.25, 0.3) is 0 Å². The quantitative estimate of drug-likeness (QED) is 0.802. The molecule has 2 aromatic heterocycles. The molecule has 5 nitrogen and oxygen atoms in total. The molecule has 0 bridgehead atoms. The van der Waals surface area contributed by atoms with Gasteiger partial charge in [-0.05, 0) is 40.2 Å². The first-order valence-corrected chi connectivity index (χ1v) is 9.57. The van der Waals surface area contributed by atoms with Crippen LogP contribution in [-0.2, 0) is 11.3 Å². The summed E-state index contributed by atoms with van der Waals surface area (Å²) in [6, 6.07) is 0. The number of nitrogens with zero attached hydrogens (tertiary/aromatic N) is 3. The molecule has 3 rings (SSSR count). The molecule has 2 atom stereocenters. The summed E-state index contributed by atoms with van der Waals surface area (Å²) in [6.07, 6.45) is 0.673. The molecule has 0 aliphatic carbocycles. The lowest BCUT2D eigenvalue weighted by Gasteiger charge is -2.35. The third kappa shape index (κ3) is 4.89. The Morgan fingerprint density at radius 1 is 1.16 bits per heavy atom. The van der Waals surface area contributed by atoms with Gasteiger partial charge in [0.15, 0.2) is 0 Å². The minimum absolute atomic E-state index is 0. The average Bonchev–Trinajstić information content (AvgIpc) is 2.79. The average molecular weight is 385 g/mol. The van der Waals surface area contributed by atoms with Crippen LogP contribution < -0.4 is 5.32 Å². The molecule has 0 spiro atoms. The summed E-state index contributed by atoms with van der Waals surface area (Å²) in [7, 11) is 0. The maximum absolute atomic E-state index is 5.79. The van der Waals surface area contributed by atoms with Crippen molar-refractivity contribution in [3.05, 3.63) is 22.0 Å². The van der Waals surface area contributed by atoms with Gasteiger partial charge in [-0.25, -0.2) is 9.97 Å². The third-order valence-electron chi connectivity index (χ3n) is 4.57. The van der Waals surface area contributed by atoms with E-state index in [9.17, 15) is 0 Å². The molecule has 3 heterocycles. The summed E-state index contributed by atoms with van der Waals surface area (Å²) in [4.78, 5) is 14.1. The third-order valence-corrected chi connectivity index (χ3v) is 5.75. The van der Waals surface area contributed by atoms with E-state index in [-0.39, 0.29) is 12.4 Å². The summed E-state index contributed by atoms with van der Waals surface area (Å²) < 4.78 is 5.79. The van der Waals surface area contributed by atoms with E-state index in [0.29, 0.717) is 12.2 Å². The molecule has 7 heteroatoms. The van der Waals surface area contributed by atoms with Crippen LogP contribution in [0.4, 0.5) is 0 Å². The summed E-state index contributed by atoms with van der Waals surface area (Å²) in [5, 5.41) is 4.83. The second-order valence-electron chi connectivity index (χ2n) is 6.88. The number of thiophene rings is 1. The highest BCUT2D eigenvalue weighted by Crippen LogP contribution is 2.31. The molecule has 25 heavy (non-hydrogen) atoms. The maximum atomic E-state index is 5.79. The Morgan fingerprint density at radius 2 is 1.84 bits per heavy atom. The topological polar surface area (TPSA) is 50.3 Å². The van der Waals surface area contributed by atoms with Gasteiger partial charge in [-0.1, -0.05) is 0 Å². The number of halogens is 1. The number of ether oxygens (including phenoxy) is 1. The summed E-state index contributed by atoms with van der Waals surface area (Å²) >= 11 is 1.79. The van der Waals surface area contributed by atoms with Gasteiger partial charge >= 0.3 is 0 Å². The van der Waals surface area contributed by atoms with Crippen LogP contribution >= 0.6 is 23.7 Å². The van der Waals surface area contributed by atoms with Crippen molar-refractivity contribution in [3.8, 4) is 0 Å². The van der Waals surface area contributed by atoms with Crippen molar-refractivity contribution in [1.29, 1.82) is 0 Å². The number of morpholine rings is 1. The zero-order valence-electron chi connectivity index (χ0n) is 15.8. The summed E-state index contributed by atoms with van der Waals surface area (Å²) in [5.41, 5.74) is 2.42. The minimum atomic E-state index is 0. The van der Waals surface area contributed by atoms with Gasteiger partial charge in [0.2, 0.25) is 0 Å². The normalized spacial score (nSPS) is 21.5. The Balaban J connectivity index is 0.00000225. The molecule has 1 saturated heterocycles. The van der Waals surface area contributed by atoms with Crippen LogP contribution in [0.1, 0.15) is 35.8 Å². The lowest BCUT2D eigenvalue weighted by atomic mass is 10.1. The molecular weight excluding hydrogens is 356 g/mol. The van der Waals surface area contributed by atoms with Crippen LogP contribution in [0, 0.1) is 20.8 Å². The Hall–Kier alpha value is -0.790. The summed E-state index contributed by atoms with van der Waals surface area (Å²) in [6.45, 7) is 15.6. The van der Waals surface area contributed by atoms with Crippen molar-refractivity contribution in [2.75, 3.05) is 26.2 Å². The number of fused-ring (bicyclic) bond motifs is 1. The molecule has 0 aromatic carbocycles. The first-order chi connectivity index (χ1) is 11.4. The largest absolute Gasteiger partial charge is 0.373 e. The van der Waals surface area contributed by atoms with E-state index in [1.807, 2.05) is 6.92 Å². The highest BCUT2D eigenvalue weighted by atomic mass is 35.5. The number of aromatic nitrogens is 2. The van der Waals surface area contributed by atoms with E-state index >= 15 is 0 Å². The van der Waals surface area contributed by atoms with Crippen LogP contribution in [0.15, 0.2) is 0 Å². The highest BCUT2D eigenvalue weighted by molar-refractivity contribution is 7.18. The Morgan fingerprint density at radius 3 is 2.52 bits per heavy atom. The maximum Gasteiger partial charge on any atom is 0.127 e. The molecule has 1 N–H and O–H groups in total. The predicted octanol–water partition coefficient (Wildman–Crippen LogP) is 3.24. The summed E-state index contributed by atoms with van der Waals surface area (Å²) in [5.74, 6) is 0.858. The van der Waals surface area contributed by atoms with E-state index < -0.39 is 0 Å². The van der Waals surface area contributed by atoms with Gasteiger partial charge < -0.3 is 10.1 Å². The van der Waals surface area contributed by atoms with E-state index in [1.165, 1.54) is 15.8 Å². The Labute approximate surface area is 160 Å². The first kappa shape index (κ1) is 20.5. The van der Waals surface area contributed by atoms with Crippen LogP contribution in [-0.4, -0.2) is 53.3 Å². The number of hydrogen-bond acceptors (Lipinski definition) is 6. The fraction of sp³-hybridized carbons (Fsp3) is 0.667. The molecule has 0 saturated carbocycles. The molecule has 1 aliphatic rings. The minimum Gasteiger partial charge on any atom is -0.373 e. The lowest BCUT2D eigenvalue weighted by molar-refractivity contribution is -0.0674. The van der Waals surface area contributed by atoms with Crippen LogP contribution in [0.2, 0.25) is 0 Å². The van der Waals surface area contributed by atoms with Crippen molar-refractivity contribution in [1.82, 2.24) is 20.2 Å². The molecule has 2 unspecified atom stereocenters. The second kappa shape index (κ2) is 8.73. The molecule has 1 aliphatic heterocycles. The number of aryl methyl sites for hydroxylation is 3. The molecule has 0 amide bonds. The standard InChI is InChI=1S/C18H28N4OS.ClH/c1-11-9-22(10-12(2)23-11)7-6-19-8-16-13(3)17-14(4)20-15(5)21-18(17)24-16;/h11-12,19H,6-10H2,1-5H3;1H. The van der Waals surface area contributed by atoms with E-state index in [4.69, 9.17) is 4.74 Å². The van der Waals surface area contributed by atoms with Gasteiger partial charge in [-0.2, -0.15) is 0 Å². The van der Waals surface area contributed by atoms with Crippen molar-refractivity contribution < 1.29 is 4.74 Å². The number of rotatable bonds is 5. The zero-order valence-corrected chi connectivity index (χ0v) is 17.4. The molecule has 0 radical (unpaired) electrons. The molecular formula is C18H29ClN4OS. The smallest absolute Gasteiger partial charge is 0.127 e. The van der Waals surface area contributed by atoms with Gasteiger partial charge in [-0.3, -0.25) is 4.90 Å². The van der Waals surface area contributed by atoms with E-state index in [1.54, 1.807) is 11.3 Å². The fourth-order valence-electron chi connectivity index (χ4n) is 3.59. The fourth-order valence-corrected chi connectivity index (χ4v) is 4.84. The number of nitrogens with one attached hydrogen (secondary N) is 1. The van der Waals surface area contributed by atoms with Crippen LogP contribution in [0.3, 0.4) is 0 Å². The van der Waals surface area contributed by atoms with Gasteiger partial charge in [0, 0.05) is 48.7 Å². The van der Waals surface area contributed by atoms with Crippen molar-refractivity contribution in [2.24, 2.45) is 0 Å². The van der Waals surface area contributed by atoms with Crippen molar-refractivity contribution in [2.45, 2.75) is 53.4 Å². The van der Waals surface area contributed by atoms with E-state index in [2.05, 4.69) is 47.9 Å². The van der Waals surface area contributed by atoms with E-state index in [0.717, 1.165) is 49.1 Å². The first-order valence-electron chi connectivity index (χ1n) is 8.75.